The van der Waals surface area contributed by atoms with Crippen molar-refractivity contribution in [1.82, 2.24) is 4.98 Å². The second kappa shape index (κ2) is 4.41. The highest BCUT2D eigenvalue weighted by atomic mass is 32.1. The average Bonchev–Trinajstić information content (AvgIpc) is 2.52. The van der Waals surface area contributed by atoms with Crippen LogP contribution in [-0.2, 0) is 6.42 Å². The summed E-state index contributed by atoms with van der Waals surface area (Å²) in [5.41, 5.74) is -0.244. The number of nitrogens with zero attached hydrogens (tertiary/aromatic N) is 1. The third kappa shape index (κ3) is 2.69. The van der Waals surface area contributed by atoms with Crippen molar-refractivity contribution in [1.29, 1.82) is 0 Å². The molecule has 0 spiro atoms. The lowest BCUT2D eigenvalue weighted by Gasteiger charge is -2.02. The van der Waals surface area contributed by atoms with Crippen molar-refractivity contribution >= 4 is 17.3 Å². The fourth-order valence-electron chi connectivity index (χ4n) is 0.759. The highest BCUT2D eigenvalue weighted by Gasteiger charge is 2.21. The van der Waals surface area contributed by atoms with Crippen LogP contribution in [0.3, 0.4) is 0 Å². The minimum Gasteiger partial charge on any atom is -0.476 e. The highest BCUT2D eigenvalue weighted by molar-refractivity contribution is 7.09. The number of carbonyl (C=O) groups is 1. The molecule has 1 N–H and O–H groups in total. The lowest BCUT2D eigenvalue weighted by Crippen LogP contribution is -2.15. The fourth-order valence-corrected chi connectivity index (χ4v) is 1.57. The molecule has 14 heavy (non-hydrogen) atoms. The second-order valence-electron chi connectivity index (χ2n) is 2.49. The van der Waals surface area contributed by atoms with Gasteiger partial charge in [0.25, 0.3) is 6.43 Å². The molecule has 1 heterocycles. The molecule has 1 atom stereocenters. The summed E-state index contributed by atoms with van der Waals surface area (Å²) >= 11 is 0.858. The number of aromatic carboxylic acids is 1. The number of aromatic nitrogens is 1. The largest absolute Gasteiger partial charge is 0.476 e. The Balaban J connectivity index is 2.64. The van der Waals surface area contributed by atoms with Gasteiger partial charge in [0.2, 0.25) is 0 Å². The van der Waals surface area contributed by atoms with Crippen LogP contribution in [0.4, 0.5) is 13.2 Å². The maximum absolute atomic E-state index is 12.5. The molecule has 0 fully saturated rings. The summed E-state index contributed by atoms with van der Waals surface area (Å²) in [5, 5.41) is 9.70. The molecule has 0 amide bonds. The zero-order chi connectivity index (χ0) is 10.7. The third-order valence-electron chi connectivity index (χ3n) is 1.41. The molecule has 0 radical (unpaired) electrons. The van der Waals surface area contributed by atoms with Gasteiger partial charge in [0.15, 0.2) is 11.9 Å². The van der Waals surface area contributed by atoms with Gasteiger partial charge in [0, 0.05) is 11.8 Å². The van der Waals surface area contributed by atoms with Gasteiger partial charge in [-0.15, -0.1) is 11.3 Å². The predicted octanol–water partition coefficient (Wildman–Crippen LogP) is 1.99. The van der Waals surface area contributed by atoms with E-state index in [0.717, 1.165) is 11.3 Å². The fraction of sp³-hybridized carbons (Fsp3) is 0.429. The first-order chi connectivity index (χ1) is 6.50. The van der Waals surface area contributed by atoms with Gasteiger partial charge in [0.1, 0.15) is 0 Å². The summed E-state index contributed by atoms with van der Waals surface area (Å²) in [4.78, 5) is 13.8. The highest BCUT2D eigenvalue weighted by Crippen LogP contribution is 2.16. The van der Waals surface area contributed by atoms with Gasteiger partial charge in [-0.1, -0.05) is 0 Å². The standard InChI is InChI=1S/C7H6F3NO2S/c8-3(6(9)10)1-5-11-4(2-14-5)7(12)13/h2-3,6H,1H2,(H,12,13). The zero-order valence-corrected chi connectivity index (χ0v) is 7.60. The van der Waals surface area contributed by atoms with Crippen LogP contribution in [0.15, 0.2) is 5.38 Å². The van der Waals surface area contributed by atoms with Crippen LogP contribution in [0.25, 0.3) is 0 Å². The second-order valence-corrected chi connectivity index (χ2v) is 3.43. The SMILES string of the molecule is O=C(O)c1csc(CC(F)C(F)F)n1. The number of hydrogen-bond acceptors (Lipinski definition) is 3. The Bertz CT molecular complexity index is 328. The third-order valence-corrected chi connectivity index (χ3v) is 2.29. The van der Waals surface area contributed by atoms with Gasteiger partial charge < -0.3 is 5.11 Å². The summed E-state index contributed by atoms with van der Waals surface area (Å²) in [6.07, 6.45) is -5.90. The number of thiazole rings is 1. The molecular weight excluding hydrogens is 219 g/mol. The van der Waals surface area contributed by atoms with Gasteiger partial charge in [0.05, 0.1) is 5.01 Å². The Labute approximate surface area is 81.2 Å². The van der Waals surface area contributed by atoms with E-state index >= 15 is 0 Å². The normalized spacial score (nSPS) is 13.1. The van der Waals surface area contributed by atoms with Crippen LogP contribution in [0.2, 0.25) is 0 Å². The van der Waals surface area contributed by atoms with Crippen molar-refractivity contribution in [2.24, 2.45) is 0 Å². The van der Waals surface area contributed by atoms with Gasteiger partial charge in [-0.3, -0.25) is 0 Å². The first-order valence-electron chi connectivity index (χ1n) is 3.60. The minimum atomic E-state index is -3.06. The maximum Gasteiger partial charge on any atom is 0.355 e. The van der Waals surface area contributed by atoms with Crippen LogP contribution in [0.5, 0.6) is 0 Å². The molecule has 3 nitrogen and oxygen atoms in total. The molecule has 0 saturated carbocycles. The van der Waals surface area contributed by atoms with Crippen molar-refractivity contribution < 1.29 is 23.1 Å². The van der Waals surface area contributed by atoms with Crippen LogP contribution in [0, 0.1) is 0 Å². The van der Waals surface area contributed by atoms with Crippen molar-refractivity contribution in [3.8, 4) is 0 Å². The van der Waals surface area contributed by atoms with E-state index in [1.807, 2.05) is 0 Å². The summed E-state index contributed by atoms with van der Waals surface area (Å²) in [7, 11) is 0. The molecule has 1 aromatic heterocycles. The zero-order valence-electron chi connectivity index (χ0n) is 6.78. The van der Waals surface area contributed by atoms with Crippen molar-refractivity contribution in [2.45, 2.75) is 19.0 Å². The van der Waals surface area contributed by atoms with Crippen LogP contribution in [-0.4, -0.2) is 28.7 Å². The van der Waals surface area contributed by atoms with E-state index in [1.165, 1.54) is 5.38 Å². The molecule has 1 rings (SSSR count). The van der Waals surface area contributed by atoms with Crippen LogP contribution >= 0.6 is 11.3 Å². The van der Waals surface area contributed by atoms with Gasteiger partial charge in [-0.2, -0.15) is 0 Å². The number of carboxylic acids is 1. The minimum absolute atomic E-state index is 0.0650. The summed E-state index contributed by atoms with van der Waals surface area (Å²) in [5.74, 6) is -1.25. The van der Waals surface area contributed by atoms with E-state index in [2.05, 4.69) is 4.98 Å². The number of rotatable bonds is 4. The lowest BCUT2D eigenvalue weighted by atomic mass is 10.3. The Morgan fingerprint density at radius 2 is 2.21 bits per heavy atom. The summed E-state index contributed by atoms with van der Waals surface area (Å²) < 4.78 is 36.0. The quantitative estimate of drug-likeness (QED) is 0.852. The predicted molar refractivity (Wildman–Crippen MR) is 43.7 cm³/mol. The van der Waals surface area contributed by atoms with Crippen molar-refractivity contribution in [2.75, 3.05) is 0 Å². The van der Waals surface area contributed by atoms with E-state index in [0.29, 0.717) is 0 Å². The molecule has 1 unspecified atom stereocenters. The Morgan fingerprint density at radius 1 is 1.57 bits per heavy atom. The average molecular weight is 225 g/mol. The van der Waals surface area contributed by atoms with E-state index in [-0.39, 0.29) is 10.7 Å². The van der Waals surface area contributed by atoms with Gasteiger partial charge >= 0.3 is 5.97 Å². The van der Waals surface area contributed by atoms with E-state index < -0.39 is 25.0 Å². The monoisotopic (exact) mass is 225 g/mol. The smallest absolute Gasteiger partial charge is 0.355 e. The van der Waals surface area contributed by atoms with Crippen molar-refractivity contribution in [3.63, 3.8) is 0 Å². The number of halogens is 3. The number of carboxylic acid groups (broad SMARTS) is 1. The summed E-state index contributed by atoms with van der Waals surface area (Å²) in [6, 6.07) is 0. The van der Waals surface area contributed by atoms with E-state index in [9.17, 15) is 18.0 Å². The number of hydrogen-bond donors (Lipinski definition) is 1. The van der Waals surface area contributed by atoms with Crippen molar-refractivity contribution in [3.05, 3.63) is 16.1 Å². The number of alkyl halides is 3. The first-order valence-corrected chi connectivity index (χ1v) is 4.48. The Morgan fingerprint density at radius 3 is 2.64 bits per heavy atom. The Hall–Kier alpha value is -1.11. The van der Waals surface area contributed by atoms with E-state index in [4.69, 9.17) is 5.11 Å². The first kappa shape index (κ1) is 11.0. The molecule has 78 valence electrons. The lowest BCUT2D eigenvalue weighted by molar-refractivity contribution is 0.0502. The molecular formula is C7H6F3NO2S. The van der Waals surface area contributed by atoms with Crippen LogP contribution < -0.4 is 0 Å². The molecule has 0 aliphatic heterocycles. The van der Waals surface area contributed by atoms with Crippen LogP contribution in [0.1, 0.15) is 15.5 Å². The molecule has 0 saturated heterocycles. The Kier molecular flexibility index (Phi) is 3.45. The molecule has 0 aliphatic rings. The van der Waals surface area contributed by atoms with Gasteiger partial charge in [-0.25, -0.2) is 22.9 Å². The maximum atomic E-state index is 12.5. The molecule has 0 aromatic carbocycles. The summed E-state index contributed by atoms with van der Waals surface area (Å²) in [6.45, 7) is 0. The molecule has 7 heteroatoms. The van der Waals surface area contributed by atoms with E-state index in [1.54, 1.807) is 0 Å². The molecule has 0 aliphatic carbocycles. The molecule has 1 aromatic rings. The van der Waals surface area contributed by atoms with Gasteiger partial charge in [-0.05, 0) is 0 Å². The topological polar surface area (TPSA) is 50.2 Å². The molecule has 0 bridgehead atoms.